The Kier molecular flexibility index (Phi) is 7.54. The Labute approximate surface area is 111 Å². The maximum atomic E-state index is 3.62. The molecule has 98 valence electrons. The maximum Gasteiger partial charge on any atom is 0.0218 e. The molecule has 1 rings (SSSR count). The molecule has 0 aromatic carbocycles. The van der Waals surface area contributed by atoms with Gasteiger partial charge in [0.2, 0.25) is 0 Å². The summed E-state index contributed by atoms with van der Waals surface area (Å²) in [6, 6.07) is 0.649. The van der Waals surface area contributed by atoms with Gasteiger partial charge in [0.25, 0.3) is 0 Å². The molecule has 1 N–H and O–H groups in total. The standard InChI is InChI=1S/C15H27NS/c1-4-5-6-7-8-9-14(3)16-10-15-12-17-11-13(15)2/h11-12,14,16H,4-10H2,1-3H3. The molecule has 2 heteroatoms. The Bertz CT molecular complexity index is 293. The van der Waals surface area contributed by atoms with Gasteiger partial charge in [0, 0.05) is 12.6 Å². The zero-order valence-corrected chi connectivity index (χ0v) is 12.4. The van der Waals surface area contributed by atoms with Gasteiger partial charge in [0.05, 0.1) is 0 Å². The van der Waals surface area contributed by atoms with Gasteiger partial charge in [-0.15, -0.1) is 0 Å². The molecule has 1 unspecified atom stereocenters. The molecular weight excluding hydrogens is 226 g/mol. The second kappa shape index (κ2) is 8.71. The molecule has 1 atom stereocenters. The van der Waals surface area contributed by atoms with E-state index in [-0.39, 0.29) is 0 Å². The summed E-state index contributed by atoms with van der Waals surface area (Å²) in [5, 5.41) is 8.11. The fourth-order valence-electron chi connectivity index (χ4n) is 2.01. The molecule has 1 aromatic heterocycles. The van der Waals surface area contributed by atoms with E-state index in [0.717, 1.165) is 6.54 Å². The van der Waals surface area contributed by atoms with Crippen LogP contribution in [0.25, 0.3) is 0 Å². The Balaban J connectivity index is 2.05. The van der Waals surface area contributed by atoms with Gasteiger partial charge in [-0.25, -0.2) is 0 Å². The molecule has 0 amide bonds. The van der Waals surface area contributed by atoms with E-state index in [2.05, 4.69) is 36.8 Å². The molecule has 0 saturated heterocycles. The van der Waals surface area contributed by atoms with Gasteiger partial charge in [-0.1, -0.05) is 39.0 Å². The third-order valence-electron chi connectivity index (χ3n) is 3.34. The van der Waals surface area contributed by atoms with Crippen LogP contribution in [0.5, 0.6) is 0 Å². The molecular formula is C15H27NS. The smallest absolute Gasteiger partial charge is 0.0218 e. The van der Waals surface area contributed by atoms with Crippen LogP contribution in [-0.2, 0) is 6.54 Å². The topological polar surface area (TPSA) is 12.0 Å². The number of rotatable bonds is 9. The van der Waals surface area contributed by atoms with E-state index >= 15 is 0 Å². The molecule has 0 aliphatic rings. The van der Waals surface area contributed by atoms with Crippen LogP contribution in [-0.4, -0.2) is 6.04 Å². The number of aryl methyl sites for hydroxylation is 1. The number of nitrogens with one attached hydrogen (secondary N) is 1. The predicted octanol–water partition coefficient (Wildman–Crippen LogP) is 4.90. The fourth-order valence-corrected chi connectivity index (χ4v) is 2.87. The predicted molar refractivity (Wildman–Crippen MR) is 78.7 cm³/mol. The van der Waals surface area contributed by atoms with Crippen molar-refractivity contribution >= 4 is 11.3 Å². The summed E-state index contributed by atoms with van der Waals surface area (Å²) in [6.45, 7) is 7.81. The lowest BCUT2D eigenvalue weighted by atomic mass is 10.1. The zero-order chi connectivity index (χ0) is 12.5. The monoisotopic (exact) mass is 253 g/mol. The van der Waals surface area contributed by atoms with E-state index < -0.39 is 0 Å². The Morgan fingerprint density at radius 3 is 2.59 bits per heavy atom. The lowest BCUT2D eigenvalue weighted by Gasteiger charge is -2.13. The van der Waals surface area contributed by atoms with Crippen LogP contribution >= 0.6 is 11.3 Å². The number of hydrogen-bond donors (Lipinski definition) is 1. The van der Waals surface area contributed by atoms with Crippen molar-refractivity contribution in [3.8, 4) is 0 Å². The summed E-state index contributed by atoms with van der Waals surface area (Å²) in [7, 11) is 0. The van der Waals surface area contributed by atoms with Crippen LogP contribution in [0.2, 0.25) is 0 Å². The van der Waals surface area contributed by atoms with Crippen molar-refractivity contribution in [3.05, 3.63) is 21.9 Å². The molecule has 0 spiro atoms. The van der Waals surface area contributed by atoms with Gasteiger partial charge in [0.15, 0.2) is 0 Å². The zero-order valence-electron chi connectivity index (χ0n) is 11.6. The van der Waals surface area contributed by atoms with Crippen molar-refractivity contribution in [2.75, 3.05) is 0 Å². The summed E-state index contributed by atoms with van der Waals surface area (Å²) in [5.41, 5.74) is 2.89. The van der Waals surface area contributed by atoms with Crippen LogP contribution in [0.4, 0.5) is 0 Å². The minimum atomic E-state index is 0.649. The molecule has 0 radical (unpaired) electrons. The third-order valence-corrected chi connectivity index (χ3v) is 4.25. The number of thiophene rings is 1. The van der Waals surface area contributed by atoms with E-state index in [4.69, 9.17) is 0 Å². The fraction of sp³-hybridized carbons (Fsp3) is 0.733. The Morgan fingerprint density at radius 2 is 1.94 bits per heavy atom. The molecule has 0 aliphatic heterocycles. The van der Waals surface area contributed by atoms with Crippen molar-refractivity contribution < 1.29 is 0 Å². The van der Waals surface area contributed by atoms with Crippen LogP contribution in [0.3, 0.4) is 0 Å². The van der Waals surface area contributed by atoms with Crippen LogP contribution < -0.4 is 5.32 Å². The normalized spacial score (nSPS) is 12.9. The highest BCUT2D eigenvalue weighted by Crippen LogP contribution is 2.14. The SMILES string of the molecule is CCCCCCCC(C)NCc1cscc1C. The molecule has 1 heterocycles. The van der Waals surface area contributed by atoms with Crippen molar-refractivity contribution in [1.82, 2.24) is 5.32 Å². The lowest BCUT2D eigenvalue weighted by Crippen LogP contribution is -2.25. The van der Waals surface area contributed by atoms with Crippen molar-refractivity contribution in [3.63, 3.8) is 0 Å². The van der Waals surface area contributed by atoms with E-state index in [1.54, 1.807) is 11.3 Å². The average Bonchev–Trinajstić information content (AvgIpc) is 2.72. The van der Waals surface area contributed by atoms with Gasteiger partial charge in [0.1, 0.15) is 0 Å². The molecule has 0 saturated carbocycles. The highest BCUT2D eigenvalue weighted by Gasteiger charge is 2.03. The van der Waals surface area contributed by atoms with Crippen molar-refractivity contribution in [2.45, 2.75) is 71.9 Å². The van der Waals surface area contributed by atoms with Crippen LogP contribution in [0, 0.1) is 6.92 Å². The van der Waals surface area contributed by atoms with Gasteiger partial charge in [-0.2, -0.15) is 11.3 Å². The molecule has 0 bridgehead atoms. The maximum absolute atomic E-state index is 3.62. The van der Waals surface area contributed by atoms with E-state index in [0.29, 0.717) is 6.04 Å². The first-order valence-electron chi connectivity index (χ1n) is 6.99. The highest BCUT2D eigenvalue weighted by atomic mass is 32.1. The minimum absolute atomic E-state index is 0.649. The summed E-state index contributed by atoms with van der Waals surface area (Å²) < 4.78 is 0. The first kappa shape index (κ1) is 14.7. The first-order valence-corrected chi connectivity index (χ1v) is 7.93. The third kappa shape index (κ3) is 6.23. The summed E-state index contributed by atoms with van der Waals surface area (Å²) >= 11 is 1.80. The quantitative estimate of drug-likeness (QED) is 0.618. The van der Waals surface area contributed by atoms with E-state index in [9.17, 15) is 0 Å². The van der Waals surface area contributed by atoms with Crippen LogP contribution in [0.15, 0.2) is 10.8 Å². The van der Waals surface area contributed by atoms with Gasteiger partial charge in [-0.05, 0) is 42.2 Å². The van der Waals surface area contributed by atoms with Crippen molar-refractivity contribution in [2.24, 2.45) is 0 Å². The molecule has 17 heavy (non-hydrogen) atoms. The van der Waals surface area contributed by atoms with Gasteiger partial charge < -0.3 is 5.32 Å². The van der Waals surface area contributed by atoms with E-state index in [1.165, 1.54) is 49.7 Å². The molecule has 1 aromatic rings. The second-order valence-electron chi connectivity index (χ2n) is 5.06. The second-order valence-corrected chi connectivity index (χ2v) is 5.81. The first-order chi connectivity index (χ1) is 8.24. The summed E-state index contributed by atoms with van der Waals surface area (Å²) in [4.78, 5) is 0. The van der Waals surface area contributed by atoms with Crippen molar-refractivity contribution in [1.29, 1.82) is 0 Å². The summed E-state index contributed by atoms with van der Waals surface area (Å²) in [6.07, 6.45) is 8.23. The van der Waals surface area contributed by atoms with E-state index in [1.807, 2.05) is 0 Å². The molecule has 0 fully saturated rings. The average molecular weight is 253 g/mol. The Morgan fingerprint density at radius 1 is 1.18 bits per heavy atom. The van der Waals surface area contributed by atoms with Crippen LogP contribution in [0.1, 0.15) is 63.5 Å². The molecule has 1 nitrogen and oxygen atoms in total. The lowest BCUT2D eigenvalue weighted by molar-refractivity contribution is 0.480. The highest BCUT2D eigenvalue weighted by molar-refractivity contribution is 7.08. The largest absolute Gasteiger partial charge is 0.310 e. The summed E-state index contributed by atoms with van der Waals surface area (Å²) in [5.74, 6) is 0. The van der Waals surface area contributed by atoms with Gasteiger partial charge in [-0.3, -0.25) is 0 Å². The van der Waals surface area contributed by atoms with Gasteiger partial charge >= 0.3 is 0 Å². The Hall–Kier alpha value is -0.340. The minimum Gasteiger partial charge on any atom is -0.310 e. The number of hydrogen-bond acceptors (Lipinski definition) is 2. The molecule has 0 aliphatic carbocycles. The number of unbranched alkanes of at least 4 members (excludes halogenated alkanes) is 4.